The molecule has 34 heavy (non-hydrogen) atoms. The molecule has 1 amide bonds. The Bertz CT molecular complexity index is 1430. The average Bonchev–Trinajstić information content (AvgIpc) is 2.82. The van der Waals surface area contributed by atoms with Gasteiger partial charge >= 0.3 is 0 Å². The molecule has 0 N–H and O–H groups in total. The van der Waals surface area contributed by atoms with Gasteiger partial charge in [0.15, 0.2) is 5.16 Å². The van der Waals surface area contributed by atoms with E-state index in [1.165, 1.54) is 11.8 Å². The van der Waals surface area contributed by atoms with Gasteiger partial charge in [-0.1, -0.05) is 41.6 Å². The van der Waals surface area contributed by atoms with Crippen molar-refractivity contribution in [3.05, 3.63) is 92.7 Å². The highest BCUT2D eigenvalue weighted by atomic mass is 35.5. The lowest BCUT2D eigenvalue weighted by molar-refractivity contribution is 0.0827. The number of nitrogens with zero attached hydrogens (tertiary/aromatic N) is 3. The zero-order valence-electron chi connectivity index (χ0n) is 19.3. The predicted octanol–water partition coefficient (Wildman–Crippen LogP) is 5.35. The number of thioether (sulfide) groups is 1. The second-order valence-electron chi connectivity index (χ2n) is 8.06. The third kappa shape index (κ3) is 4.81. The van der Waals surface area contributed by atoms with Gasteiger partial charge in [0, 0.05) is 30.4 Å². The zero-order valence-corrected chi connectivity index (χ0v) is 20.9. The first-order valence-electron chi connectivity index (χ1n) is 10.6. The Kier molecular flexibility index (Phi) is 6.95. The van der Waals surface area contributed by atoms with E-state index in [9.17, 15) is 9.59 Å². The van der Waals surface area contributed by atoms with E-state index in [1.54, 1.807) is 48.9 Å². The Morgan fingerprint density at radius 1 is 1.09 bits per heavy atom. The number of hydrogen-bond donors (Lipinski definition) is 0. The first kappa shape index (κ1) is 23.9. The van der Waals surface area contributed by atoms with Crippen molar-refractivity contribution >= 4 is 40.2 Å². The van der Waals surface area contributed by atoms with Crippen molar-refractivity contribution in [1.29, 1.82) is 0 Å². The van der Waals surface area contributed by atoms with E-state index in [2.05, 4.69) is 0 Å². The molecular weight excluding hydrogens is 470 g/mol. The van der Waals surface area contributed by atoms with E-state index in [1.807, 2.05) is 49.4 Å². The number of ether oxygens (including phenoxy) is 1. The van der Waals surface area contributed by atoms with Crippen molar-refractivity contribution in [1.82, 2.24) is 14.5 Å². The Hall–Kier alpha value is -3.29. The summed E-state index contributed by atoms with van der Waals surface area (Å²) in [6, 6.07) is 18.2. The molecule has 4 rings (SSSR count). The maximum absolute atomic E-state index is 13.6. The van der Waals surface area contributed by atoms with Gasteiger partial charge < -0.3 is 9.64 Å². The first-order valence-corrected chi connectivity index (χ1v) is 12.0. The number of fused-ring (bicyclic) bond motifs is 1. The molecule has 0 bridgehead atoms. The predicted molar refractivity (Wildman–Crippen MR) is 138 cm³/mol. The number of benzene rings is 3. The molecule has 6 nitrogen and oxygen atoms in total. The maximum atomic E-state index is 13.6. The van der Waals surface area contributed by atoms with Gasteiger partial charge in [0.05, 0.1) is 23.7 Å². The molecule has 8 heteroatoms. The largest absolute Gasteiger partial charge is 0.495 e. The summed E-state index contributed by atoms with van der Waals surface area (Å²) >= 11 is 7.61. The summed E-state index contributed by atoms with van der Waals surface area (Å²) in [7, 11) is 5.03. The molecule has 0 aliphatic rings. The normalized spacial score (nSPS) is 11.0. The molecule has 1 heterocycles. The number of aryl methyl sites for hydroxylation is 1. The summed E-state index contributed by atoms with van der Waals surface area (Å²) in [6.07, 6.45) is 0. The molecule has 0 fully saturated rings. The van der Waals surface area contributed by atoms with Crippen LogP contribution in [0.1, 0.15) is 21.5 Å². The molecule has 174 valence electrons. The van der Waals surface area contributed by atoms with Crippen LogP contribution in [0.15, 0.2) is 70.6 Å². The van der Waals surface area contributed by atoms with Crippen LogP contribution in [-0.4, -0.2) is 41.6 Å². The van der Waals surface area contributed by atoms with Gasteiger partial charge in [-0.2, -0.15) is 0 Å². The lowest BCUT2D eigenvalue weighted by Gasteiger charge is -2.16. The molecule has 0 atom stereocenters. The second-order valence-corrected chi connectivity index (χ2v) is 9.44. The van der Waals surface area contributed by atoms with Crippen molar-refractivity contribution in [2.24, 2.45) is 0 Å². The summed E-state index contributed by atoms with van der Waals surface area (Å²) in [5, 5.41) is 1.52. The van der Waals surface area contributed by atoms with E-state index in [0.29, 0.717) is 43.8 Å². The lowest BCUT2D eigenvalue weighted by Crippen LogP contribution is -2.22. The summed E-state index contributed by atoms with van der Waals surface area (Å²) in [5.74, 6) is 1.09. The minimum Gasteiger partial charge on any atom is -0.495 e. The molecule has 4 aromatic rings. The van der Waals surface area contributed by atoms with Gasteiger partial charge in [-0.25, -0.2) is 4.98 Å². The van der Waals surface area contributed by atoms with Gasteiger partial charge in [0.2, 0.25) is 0 Å². The lowest BCUT2D eigenvalue weighted by atomic mass is 10.1. The third-order valence-corrected chi connectivity index (χ3v) is 6.60. The van der Waals surface area contributed by atoms with Gasteiger partial charge in [0.25, 0.3) is 11.5 Å². The number of methoxy groups -OCH3 is 1. The Balaban J connectivity index is 1.79. The maximum Gasteiger partial charge on any atom is 0.266 e. The molecular formula is C26H24ClN3O3S. The highest BCUT2D eigenvalue weighted by molar-refractivity contribution is 7.98. The van der Waals surface area contributed by atoms with E-state index in [4.69, 9.17) is 21.3 Å². The van der Waals surface area contributed by atoms with E-state index < -0.39 is 0 Å². The zero-order chi connectivity index (χ0) is 24.4. The fourth-order valence-electron chi connectivity index (χ4n) is 3.57. The van der Waals surface area contributed by atoms with Crippen LogP contribution in [0.5, 0.6) is 5.75 Å². The Labute approximate surface area is 207 Å². The number of aromatic nitrogens is 2. The van der Waals surface area contributed by atoms with Crippen LogP contribution in [0, 0.1) is 6.92 Å². The van der Waals surface area contributed by atoms with Gasteiger partial charge in [-0.3, -0.25) is 14.2 Å². The smallest absolute Gasteiger partial charge is 0.266 e. The monoisotopic (exact) mass is 493 g/mol. The molecule has 0 aliphatic carbocycles. The third-order valence-electron chi connectivity index (χ3n) is 5.35. The summed E-state index contributed by atoms with van der Waals surface area (Å²) in [5.41, 5.74) is 3.60. The van der Waals surface area contributed by atoms with Crippen molar-refractivity contribution in [3.8, 4) is 11.4 Å². The van der Waals surface area contributed by atoms with Gasteiger partial charge in [0.1, 0.15) is 5.75 Å². The highest BCUT2D eigenvalue weighted by Crippen LogP contribution is 2.30. The molecule has 1 aromatic heterocycles. The fourth-order valence-corrected chi connectivity index (χ4v) is 4.70. The first-order chi connectivity index (χ1) is 16.3. The molecule has 0 unspecified atom stereocenters. The number of rotatable bonds is 6. The van der Waals surface area contributed by atoms with Crippen LogP contribution >= 0.6 is 23.4 Å². The number of amides is 1. The van der Waals surface area contributed by atoms with Crippen molar-refractivity contribution in [2.45, 2.75) is 17.8 Å². The van der Waals surface area contributed by atoms with E-state index in [0.717, 1.165) is 11.1 Å². The van der Waals surface area contributed by atoms with Gasteiger partial charge in [-0.05, 0) is 60.5 Å². The average molecular weight is 494 g/mol. The molecule has 0 spiro atoms. The van der Waals surface area contributed by atoms with Crippen molar-refractivity contribution in [2.75, 3.05) is 21.2 Å². The molecule has 0 saturated heterocycles. The van der Waals surface area contributed by atoms with Crippen molar-refractivity contribution in [3.63, 3.8) is 0 Å². The minimum atomic E-state index is -0.194. The van der Waals surface area contributed by atoms with E-state index in [-0.39, 0.29) is 11.5 Å². The van der Waals surface area contributed by atoms with Crippen LogP contribution in [0.2, 0.25) is 5.02 Å². The van der Waals surface area contributed by atoms with Crippen LogP contribution in [0.3, 0.4) is 0 Å². The summed E-state index contributed by atoms with van der Waals surface area (Å²) < 4.78 is 7.15. The molecule has 0 saturated carbocycles. The number of hydrogen-bond acceptors (Lipinski definition) is 5. The van der Waals surface area contributed by atoms with Gasteiger partial charge in [-0.15, -0.1) is 0 Å². The SMILES string of the molecule is COc1ccc(C)cc1-n1c(SCc2ccc(C(=O)N(C)C)cc2)nc2cc(Cl)ccc2c1=O. The van der Waals surface area contributed by atoms with Crippen LogP contribution in [-0.2, 0) is 5.75 Å². The Morgan fingerprint density at radius 2 is 1.82 bits per heavy atom. The summed E-state index contributed by atoms with van der Waals surface area (Å²) in [6.45, 7) is 1.96. The molecule has 0 radical (unpaired) electrons. The number of carbonyl (C=O) groups excluding carboxylic acids is 1. The van der Waals surface area contributed by atoms with Crippen LogP contribution in [0.4, 0.5) is 0 Å². The molecule has 3 aromatic carbocycles. The standard InChI is InChI=1S/C26H24ClN3O3S/c1-16-5-12-23(33-4)22(13-16)30-25(32)20-11-10-19(27)14-21(20)28-26(30)34-15-17-6-8-18(9-7-17)24(31)29(2)3/h5-14H,15H2,1-4H3. The highest BCUT2D eigenvalue weighted by Gasteiger charge is 2.17. The van der Waals surface area contributed by atoms with Crippen molar-refractivity contribution < 1.29 is 9.53 Å². The number of halogens is 1. The summed E-state index contributed by atoms with van der Waals surface area (Å²) in [4.78, 5) is 32.1. The van der Waals surface area contributed by atoms with E-state index >= 15 is 0 Å². The van der Waals surface area contributed by atoms with Crippen LogP contribution < -0.4 is 10.3 Å². The minimum absolute atomic E-state index is 0.0485. The Morgan fingerprint density at radius 3 is 2.50 bits per heavy atom. The quantitative estimate of drug-likeness (QED) is 0.267. The molecule has 0 aliphatic heterocycles. The van der Waals surface area contributed by atoms with Crippen LogP contribution in [0.25, 0.3) is 16.6 Å². The second kappa shape index (κ2) is 9.91. The number of carbonyl (C=O) groups is 1. The fraction of sp³-hybridized carbons (Fsp3) is 0.192. The topological polar surface area (TPSA) is 64.4 Å².